The fourth-order valence-electron chi connectivity index (χ4n) is 1.48. The van der Waals surface area contributed by atoms with E-state index in [9.17, 15) is 13.2 Å². The van der Waals surface area contributed by atoms with Gasteiger partial charge in [-0.05, 0) is 12.5 Å². The minimum absolute atomic E-state index is 0.546. The molecule has 1 aliphatic heterocycles. The second-order valence-electron chi connectivity index (χ2n) is 3.57. The molecule has 0 aromatic heterocycles. The molecule has 14 heavy (non-hydrogen) atoms. The molecular formula is C10H10F3N. The van der Waals surface area contributed by atoms with E-state index >= 15 is 0 Å². The van der Waals surface area contributed by atoms with Crippen LogP contribution in [0.3, 0.4) is 0 Å². The molecule has 0 bridgehead atoms. The van der Waals surface area contributed by atoms with E-state index < -0.39 is 18.3 Å². The van der Waals surface area contributed by atoms with E-state index in [1.807, 2.05) is 19.1 Å². The van der Waals surface area contributed by atoms with Crippen molar-refractivity contribution in [3.05, 3.63) is 35.4 Å². The van der Waals surface area contributed by atoms with Crippen molar-refractivity contribution in [3.63, 3.8) is 0 Å². The normalized spacial score (nSPS) is 26.3. The molecule has 1 saturated heterocycles. The van der Waals surface area contributed by atoms with Crippen LogP contribution < -0.4 is 5.32 Å². The minimum atomic E-state index is -4.13. The number of alkyl halides is 3. The van der Waals surface area contributed by atoms with E-state index in [4.69, 9.17) is 0 Å². The molecular weight excluding hydrogens is 191 g/mol. The molecule has 1 aliphatic rings. The molecule has 0 spiro atoms. The summed E-state index contributed by atoms with van der Waals surface area (Å²) >= 11 is 0. The van der Waals surface area contributed by atoms with Crippen LogP contribution in [0.5, 0.6) is 0 Å². The van der Waals surface area contributed by atoms with Crippen LogP contribution in [0.15, 0.2) is 24.3 Å². The summed E-state index contributed by atoms with van der Waals surface area (Å²) in [6.45, 7) is 1.91. The number of hydrogen-bond donors (Lipinski definition) is 1. The van der Waals surface area contributed by atoms with Gasteiger partial charge in [0.1, 0.15) is 6.04 Å². The van der Waals surface area contributed by atoms with Crippen LogP contribution in [-0.2, 0) is 0 Å². The molecule has 0 unspecified atom stereocenters. The van der Waals surface area contributed by atoms with Crippen LogP contribution >= 0.6 is 0 Å². The zero-order valence-electron chi connectivity index (χ0n) is 7.60. The summed E-state index contributed by atoms with van der Waals surface area (Å²) in [4.78, 5) is 0. The van der Waals surface area contributed by atoms with Gasteiger partial charge >= 0.3 is 6.18 Å². The average Bonchev–Trinajstić information content (AvgIpc) is 2.83. The molecule has 1 aromatic carbocycles. The summed E-state index contributed by atoms with van der Waals surface area (Å²) in [6.07, 6.45) is -4.13. The molecule has 1 heterocycles. The Balaban J connectivity index is 2.10. The lowest BCUT2D eigenvalue weighted by Crippen LogP contribution is -2.19. The van der Waals surface area contributed by atoms with Gasteiger partial charge in [-0.15, -0.1) is 0 Å². The Morgan fingerprint density at radius 1 is 1.14 bits per heavy atom. The fraction of sp³-hybridized carbons (Fsp3) is 0.400. The lowest BCUT2D eigenvalue weighted by Gasteiger charge is -2.03. The van der Waals surface area contributed by atoms with Crippen molar-refractivity contribution >= 4 is 0 Å². The molecule has 0 saturated carbocycles. The molecule has 0 aliphatic carbocycles. The summed E-state index contributed by atoms with van der Waals surface area (Å²) in [5.41, 5.74) is 1.76. The van der Waals surface area contributed by atoms with E-state index in [1.165, 1.54) is 0 Å². The van der Waals surface area contributed by atoms with Gasteiger partial charge in [0.15, 0.2) is 0 Å². The number of halogens is 3. The molecule has 1 N–H and O–H groups in total. The highest BCUT2D eigenvalue weighted by Gasteiger charge is 2.55. The van der Waals surface area contributed by atoms with Gasteiger partial charge in [0.05, 0.1) is 6.04 Å². The van der Waals surface area contributed by atoms with Crippen molar-refractivity contribution in [3.8, 4) is 0 Å². The summed E-state index contributed by atoms with van der Waals surface area (Å²) < 4.78 is 36.6. The first-order valence-corrected chi connectivity index (χ1v) is 4.38. The van der Waals surface area contributed by atoms with Crippen molar-refractivity contribution in [2.45, 2.75) is 25.2 Å². The zero-order valence-corrected chi connectivity index (χ0v) is 7.60. The lowest BCUT2D eigenvalue weighted by atomic mass is 10.1. The third-order valence-corrected chi connectivity index (χ3v) is 2.37. The van der Waals surface area contributed by atoms with E-state index in [0.29, 0.717) is 5.56 Å². The third-order valence-electron chi connectivity index (χ3n) is 2.37. The van der Waals surface area contributed by atoms with Crippen molar-refractivity contribution in [1.29, 1.82) is 0 Å². The molecule has 0 amide bonds. The van der Waals surface area contributed by atoms with E-state index in [1.54, 1.807) is 12.1 Å². The quantitative estimate of drug-likeness (QED) is 0.693. The van der Waals surface area contributed by atoms with Gasteiger partial charge in [0.25, 0.3) is 0 Å². The first kappa shape index (κ1) is 9.52. The molecule has 2 atom stereocenters. The van der Waals surface area contributed by atoms with Gasteiger partial charge in [-0.2, -0.15) is 13.2 Å². The van der Waals surface area contributed by atoms with E-state index in [0.717, 1.165) is 5.56 Å². The van der Waals surface area contributed by atoms with Gasteiger partial charge in [-0.25, -0.2) is 0 Å². The maximum absolute atomic E-state index is 12.2. The highest BCUT2D eigenvalue weighted by Crippen LogP contribution is 2.40. The Morgan fingerprint density at radius 2 is 1.71 bits per heavy atom. The standard InChI is InChI=1S/C10H10F3N/c1-6-2-4-7(5-3-6)8-9(14-8)10(11,12)13/h2-5,8-9,14H,1H3/t8-,9-/m0/s1. The van der Waals surface area contributed by atoms with Crippen LogP contribution in [0, 0.1) is 6.92 Å². The molecule has 1 nitrogen and oxygen atoms in total. The van der Waals surface area contributed by atoms with Gasteiger partial charge < -0.3 is 0 Å². The smallest absolute Gasteiger partial charge is 0.296 e. The monoisotopic (exact) mass is 201 g/mol. The average molecular weight is 201 g/mol. The van der Waals surface area contributed by atoms with Gasteiger partial charge in [-0.1, -0.05) is 29.8 Å². The zero-order chi connectivity index (χ0) is 10.3. The Bertz CT molecular complexity index is 328. The molecule has 0 radical (unpaired) electrons. The Kier molecular flexibility index (Phi) is 2.03. The van der Waals surface area contributed by atoms with Crippen molar-refractivity contribution in [2.24, 2.45) is 0 Å². The molecule has 4 heteroatoms. The fourth-order valence-corrected chi connectivity index (χ4v) is 1.48. The van der Waals surface area contributed by atoms with Crippen molar-refractivity contribution in [1.82, 2.24) is 5.32 Å². The second kappa shape index (κ2) is 2.98. The number of benzene rings is 1. The predicted octanol–water partition coefficient (Wildman–Crippen LogP) is 2.57. The number of hydrogen-bond acceptors (Lipinski definition) is 1. The number of aryl methyl sites for hydroxylation is 1. The Morgan fingerprint density at radius 3 is 2.14 bits per heavy atom. The maximum atomic E-state index is 12.2. The van der Waals surface area contributed by atoms with Crippen LogP contribution in [-0.4, -0.2) is 12.2 Å². The van der Waals surface area contributed by atoms with Crippen LogP contribution in [0.25, 0.3) is 0 Å². The summed E-state index contributed by atoms with van der Waals surface area (Å²) in [7, 11) is 0. The predicted molar refractivity (Wildman–Crippen MR) is 46.9 cm³/mol. The second-order valence-corrected chi connectivity index (χ2v) is 3.57. The largest absolute Gasteiger partial charge is 0.405 e. The van der Waals surface area contributed by atoms with Gasteiger partial charge in [0, 0.05) is 0 Å². The van der Waals surface area contributed by atoms with E-state index in [2.05, 4.69) is 5.32 Å². The summed E-state index contributed by atoms with van der Waals surface area (Å²) in [5, 5.41) is 2.42. The van der Waals surface area contributed by atoms with Crippen LogP contribution in [0.1, 0.15) is 17.2 Å². The topological polar surface area (TPSA) is 21.9 Å². The molecule has 2 rings (SSSR count). The number of rotatable bonds is 1. The SMILES string of the molecule is Cc1ccc([C@@H]2N[C@@H]2C(F)(F)F)cc1. The minimum Gasteiger partial charge on any atom is -0.296 e. The molecule has 1 aromatic rings. The Hall–Kier alpha value is -1.03. The highest BCUT2D eigenvalue weighted by molar-refractivity contribution is 5.30. The summed E-state index contributed by atoms with van der Waals surface area (Å²) in [5.74, 6) is 0. The maximum Gasteiger partial charge on any atom is 0.405 e. The highest BCUT2D eigenvalue weighted by atomic mass is 19.4. The van der Waals surface area contributed by atoms with Crippen LogP contribution in [0.4, 0.5) is 13.2 Å². The van der Waals surface area contributed by atoms with Crippen LogP contribution in [0.2, 0.25) is 0 Å². The van der Waals surface area contributed by atoms with Crippen molar-refractivity contribution < 1.29 is 13.2 Å². The third kappa shape index (κ3) is 1.75. The molecule has 1 fully saturated rings. The van der Waals surface area contributed by atoms with Crippen molar-refractivity contribution in [2.75, 3.05) is 0 Å². The molecule has 76 valence electrons. The first-order valence-electron chi connectivity index (χ1n) is 4.38. The summed E-state index contributed by atoms with van der Waals surface area (Å²) in [6, 6.07) is 5.21. The Labute approximate surface area is 79.9 Å². The first-order chi connectivity index (χ1) is 6.48. The van der Waals surface area contributed by atoms with Gasteiger partial charge in [0.2, 0.25) is 0 Å². The number of nitrogens with one attached hydrogen (secondary N) is 1. The van der Waals surface area contributed by atoms with E-state index in [-0.39, 0.29) is 0 Å². The van der Waals surface area contributed by atoms with Gasteiger partial charge in [-0.3, -0.25) is 5.32 Å². The lowest BCUT2D eigenvalue weighted by molar-refractivity contribution is -0.130.